The Morgan fingerprint density at radius 3 is 2.70 bits per heavy atom. The summed E-state index contributed by atoms with van der Waals surface area (Å²) in [5.41, 5.74) is 5.78. The smallest absolute Gasteiger partial charge is 0.307 e. The maximum atomic E-state index is 11.9. The SMILES string of the molecule is O=C(N/N=C\c1cn(Cc2ccc(I)cc2)c2ccccc12)c1ccco1. The number of rotatable bonds is 5. The number of halogens is 1. The van der Waals surface area contributed by atoms with Crippen molar-refractivity contribution in [3.05, 3.63) is 93.6 Å². The van der Waals surface area contributed by atoms with Gasteiger partial charge in [-0.25, -0.2) is 5.43 Å². The number of nitrogens with one attached hydrogen (secondary N) is 1. The molecule has 2 aromatic heterocycles. The van der Waals surface area contributed by atoms with Gasteiger partial charge in [-0.15, -0.1) is 0 Å². The molecule has 0 aliphatic rings. The van der Waals surface area contributed by atoms with Crippen LogP contribution in [-0.2, 0) is 6.54 Å². The first-order chi connectivity index (χ1) is 13.2. The topological polar surface area (TPSA) is 59.5 Å². The van der Waals surface area contributed by atoms with E-state index in [9.17, 15) is 4.79 Å². The number of nitrogens with zero attached hydrogens (tertiary/aromatic N) is 2. The molecule has 1 N–H and O–H groups in total. The maximum absolute atomic E-state index is 11.9. The third-order valence-corrected chi connectivity index (χ3v) is 4.92. The van der Waals surface area contributed by atoms with Crippen LogP contribution in [0.15, 0.2) is 82.6 Å². The Balaban J connectivity index is 1.58. The summed E-state index contributed by atoms with van der Waals surface area (Å²) < 4.78 is 8.46. The average molecular weight is 469 g/mol. The highest BCUT2D eigenvalue weighted by molar-refractivity contribution is 14.1. The largest absolute Gasteiger partial charge is 0.459 e. The fourth-order valence-electron chi connectivity index (χ4n) is 2.92. The minimum Gasteiger partial charge on any atom is -0.459 e. The summed E-state index contributed by atoms with van der Waals surface area (Å²) in [6.45, 7) is 0.768. The van der Waals surface area contributed by atoms with Crippen molar-refractivity contribution in [3.8, 4) is 0 Å². The second-order valence-corrected chi connectivity index (χ2v) is 7.28. The van der Waals surface area contributed by atoms with Gasteiger partial charge in [0.1, 0.15) is 0 Å². The molecule has 0 aliphatic carbocycles. The van der Waals surface area contributed by atoms with Crippen LogP contribution in [0.4, 0.5) is 0 Å². The first-order valence-electron chi connectivity index (χ1n) is 8.40. The molecule has 6 heteroatoms. The van der Waals surface area contributed by atoms with Gasteiger partial charge in [0.25, 0.3) is 0 Å². The van der Waals surface area contributed by atoms with Crippen molar-refractivity contribution in [1.29, 1.82) is 0 Å². The van der Waals surface area contributed by atoms with Gasteiger partial charge in [0, 0.05) is 32.8 Å². The van der Waals surface area contributed by atoms with Gasteiger partial charge in [0.2, 0.25) is 0 Å². The van der Waals surface area contributed by atoms with Gasteiger partial charge in [0.05, 0.1) is 12.5 Å². The Labute approximate surface area is 169 Å². The molecule has 0 spiro atoms. The van der Waals surface area contributed by atoms with E-state index < -0.39 is 0 Å². The number of hydrogen-bond acceptors (Lipinski definition) is 3. The number of benzene rings is 2. The molecule has 2 aromatic carbocycles. The molecule has 0 unspecified atom stereocenters. The highest BCUT2D eigenvalue weighted by Gasteiger charge is 2.09. The Bertz CT molecular complexity index is 1100. The van der Waals surface area contributed by atoms with Crippen LogP contribution in [0.25, 0.3) is 10.9 Å². The van der Waals surface area contributed by atoms with Gasteiger partial charge < -0.3 is 8.98 Å². The van der Waals surface area contributed by atoms with Crippen molar-refractivity contribution in [2.75, 3.05) is 0 Å². The average Bonchev–Trinajstić information content (AvgIpc) is 3.33. The fraction of sp³-hybridized carbons (Fsp3) is 0.0476. The summed E-state index contributed by atoms with van der Waals surface area (Å²) in [5.74, 6) is -0.146. The van der Waals surface area contributed by atoms with Gasteiger partial charge >= 0.3 is 5.91 Å². The van der Waals surface area contributed by atoms with Gasteiger partial charge in [-0.05, 0) is 58.5 Å². The van der Waals surface area contributed by atoms with Crippen molar-refractivity contribution in [2.45, 2.75) is 6.54 Å². The minimum absolute atomic E-state index is 0.230. The number of amides is 1. The number of carbonyl (C=O) groups is 1. The molecule has 0 fully saturated rings. The lowest BCUT2D eigenvalue weighted by Gasteiger charge is -2.05. The summed E-state index contributed by atoms with van der Waals surface area (Å²) >= 11 is 2.30. The monoisotopic (exact) mass is 469 g/mol. The van der Waals surface area contributed by atoms with Gasteiger partial charge in [-0.3, -0.25) is 4.79 Å². The lowest BCUT2D eigenvalue weighted by molar-refractivity contribution is 0.0927. The molecule has 5 nitrogen and oxygen atoms in total. The van der Waals surface area contributed by atoms with E-state index in [0.717, 1.165) is 23.0 Å². The van der Waals surface area contributed by atoms with Crippen LogP contribution in [0.5, 0.6) is 0 Å². The number of carbonyl (C=O) groups excluding carboxylic acids is 1. The highest BCUT2D eigenvalue weighted by Crippen LogP contribution is 2.21. The lowest BCUT2D eigenvalue weighted by Crippen LogP contribution is -2.16. The molecule has 4 rings (SSSR count). The third-order valence-electron chi connectivity index (χ3n) is 4.20. The minimum atomic E-state index is -0.376. The summed E-state index contributed by atoms with van der Waals surface area (Å²) in [4.78, 5) is 11.9. The molecular weight excluding hydrogens is 453 g/mol. The molecular formula is C21H16IN3O2. The predicted octanol–water partition coefficient (Wildman–Crippen LogP) is 4.65. The third kappa shape index (κ3) is 3.95. The quantitative estimate of drug-likeness (QED) is 0.263. The van der Waals surface area contributed by atoms with Crippen LogP contribution in [0.1, 0.15) is 21.7 Å². The second-order valence-electron chi connectivity index (χ2n) is 6.03. The normalized spacial score (nSPS) is 11.3. The molecule has 4 aromatic rings. The molecule has 0 saturated heterocycles. The van der Waals surface area contributed by atoms with Crippen LogP contribution in [0.2, 0.25) is 0 Å². The Morgan fingerprint density at radius 1 is 1.11 bits per heavy atom. The van der Waals surface area contributed by atoms with Crippen LogP contribution < -0.4 is 5.43 Å². The number of furan rings is 1. The lowest BCUT2D eigenvalue weighted by atomic mass is 10.2. The fourth-order valence-corrected chi connectivity index (χ4v) is 3.28. The molecule has 0 radical (unpaired) electrons. The Hall–Kier alpha value is -2.87. The predicted molar refractivity (Wildman–Crippen MR) is 114 cm³/mol. The summed E-state index contributed by atoms with van der Waals surface area (Å²) in [7, 11) is 0. The van der Waals surface area contributed by atoms with E-state index in [2.05, 4.69) is 74.1 Å². The number of hydrogen-bond donors (Lipinski definition) is 1. The van der Waals surface area contributed by atoms with Crippen molar-refractivity contribution >= 4 is 45.6 Å². The van der Waals surface area contributed by atoms with E-state index in [1.165, 1.54) is 15.4 Å². The van der Waals surface area contributed by atoms with E-state index >= 15 is 0 Å². The zero-order chi connectivity index (χ0) is 18.6. The Morgan fingerprint density at radius 2 is 1.93 bits per heavy atom. The van der Waals surface area contributed by atoms with Crippen LogP contribution in [-0.4, -0.2) is 16.7 Å². The number of hydrazone groups is 1. The van der Waals surface area contributed by atoms with Crippen LogP contribution in [0.3, 0.4) is 0 Å². The van der Waals surface area contributed by atoms with Crippen molar-refractivity contribution < 1.29 is 9.21 Å². The van der Waals surface area contributed by atoms with Gasteiger partial charge in [-0.1, -0.05) is 30.3 Å². The first-order valence-corrected chi connectivity index (χ1v) is 9.48. The molecule has 27 heavy (non-hydrogen) atoms. The van der Waals surface area contributed by atoms with E-state index in [1.54, 1.807) is 18.3 Å². The van der Waals surface area contributed by atoms with Gasteiger partial charge in [-0.2, -0.15) is 5.10 Å². The van der Waals surface area contributed by atoms with Crippen molar-refractivity contribution in [1.82, 2.24) is 9.99 Å². The number of aromatic nitrogens is 1. The molecule has 134 valence electrons. The highest BCUT2D eigenvalue weighted by atomic mass is 127. The molecule has 0 bridgehead atoms. The van der Waals surface area contributed by atoms with E-state index in [-0.39, 0.29) is 11.7 Å². The Kier molecular flexibility index (Phi) is 5.06. The van der Waals surface area contributed by atoms with Crippen LogP contribution >= 0.6 is 22.6 Å². The molecule has 0 saturated carbocycles. The maximum Gasteiger partial charge on any atom is 0.307 e. The van der Waals surface area contributed by atoms with Crippen molar-refractivity contribution in [2.24, 2.45) is 5.10 Å². The van der Waals surface area contributed by atoms with E-state index in [1.807, 2.05) is 18.3 Å². The summed E-state index contributed by atoms with van der Waals surface area (Å²) in [5, 5.41) is 5.16. The number of fused-ring (bicyclic) bond motifs is 1. The van der Waals surface area contributed by atoms with E-state index in [0.29, 0.717) is 0 Å². The zero-order valence-corrected chi connectivity index (χ0v) is 16.5. The standard InChI is InChI=1S/C21H16IN3O2/c22-17-9-7-15(8-10-17)13-25-14-16(18-4-1-2-5-19(18)25)12-23-24-21(26)20-6-3-11-27-20/h1-12,14H,13H2,(H,24,26)/b23-12-. The summed E-state index contributed by atoms with van der Waals surface area (Å²) in [6, 6.07) is 19.9. The molecule has 2 heterocycles. The molecule has 1 amide bonds. The van der Waals surface area contributed by atoms with Gasteiger partial charge in [0.15, 0.2) is 5.76 Å². The first kappa shape index (κ1) is 17.5. The summed E-state index contributed by atoms with van der Waals surface area (Å²) in [6.07, 6.45) is 5.16. The van der Waals surface area contributed by atoms with Crippen molar-refractivity contribution in [3.63, 3.8) is 0 Å². The number of para-hydroxylation sites is 1. The molecule has 0 atom stereocenters. The molecule has 0 aliphatic heterocycles. The van der Waals surface area contributed by atoms with Crippen LogP contribution in [0, 0.1) is 3.57 Å². The zero-order valence-electron chi connectivity index (χ0n) is 14.3. The second kappa shape index (κ2) is 7.79. The van der Waals surface area contributed by atoms with E-state index in [4.69, 9.17) is 4.42 Å².